The predicted molar refractivity (Wildman–Crippen MR) is 75.4 cm³/mol. The van der Waals surface area contributed by atoms with Crippen LogP contribution in [0.3, 0.4) is 0 Å². The van der Waals surface area contributed by atoms with Crippen LogP contribution in [-0.2, 0) is 15.0 Å². The number of hydrogen-bond acceptors (Lipinski definition) is 3. The van der Waals surface area contributed by atoms with Gasteiger partial charge in [0.15, 0.2) is 0 Å². The highest BCUT2D eigenvalue weighted by Gasteiger charge is 2.37. The van der Waals surface area contributed by atoms with Gasteiger partial charge in [-0.2, -0.15) is 12.7 Å². The first-order valence-corrected chi connectivity index (χ1v) is 8.80. The van der Waals surface area contributed by atoms with Crippen molar-refractivity contribution in [3.8, 4) is 0 Å². The highest BCUT2D eigenvalue weighted by Crippen LogP contribution is 2.43. The Hall–Kier alpha value is -0.660. The second-order valence-electron chi connectivity index (χ2n) is 6.04. The molecule has 0 bridgehead atoms. The molecule has 0 atom stereocenters. The molecule has 116 valence electrons. The molecule has 6 nitrogen and oxygen atoms in total. The van der Waals surface area contributed by atoms with Gasteiger partial charge in [-0.3, -0.25) is 4.79 Å². The standard InChI is InChI=1S/C13H24N2O4S/c1-2-13(6-3-7-13)10-14-20(18,19)15-8-4-11(5-9-15)12(16)17/h11,14H,2-10H2,1H3,(H,16,17). The van der Waals surface area contributed by atoms with Crippen molar-refractivity contribution in [1.82, 2.24) is 9.03 Å². The Bertz CT molecular complexity index is 445. The highest BCUT2D eigenvalue weighted by molar-refractivity contribution is 7.87. The van der Waals surface area contributed by atoms with Crippen LogP contribution in [0, 0.1) is 11.3 Å². The van der Waals surface area contributed by atoms with Crippen molar-refractivity contribution in [2.45, 2.75) is 45.4 Å². The molecule has 2 aliphatic rings. The van der Waals surface area contributed by atoms with Gasteiger partial charge in [0, 0.05) is 19.6 Å². The van der Waals surface area contributed by atoms with Gasteiger partial charge in [-0.25, -0.2) is 4.72 Å². The van der Waals surface area contributed by atoms with Gasteiger partial charge in [0.25, 0.3) is 10.2 Å². The molecule has 0 spiro atoms. The number of piperidine rings is 1. The van der Waals surface area contributed by atoms with Crippen molar-refractivity contribution in [3.63, 3.8) is 0 Å². The minimum atomic E-state index is -3.46. The van der Waals surface area contributed by atoms with E-state index in [-0.39, 0.29) is 5.41 Å². The van der Waals surface area contributed by atoms with Gasteiger partial charge in [-0.1, -0.05) is 13.3 Å². The minimum Gasteiger partial charge on any atom is -0.481 e. The van der Waals surface area contributed by atoms with Crippen LogP contribution in [0.4, 0.5) is 0 Å². The third-order valence-corrected chi connectivity index (χ3v) is 6.49. The van der Waals surface area contributed by atoms with Crippen LogP contribution in [0.5, 0.6) is 0 Å². The Morgan fingerprint density at radius 2 is 1.95 bits per heavy atom. The van der Waals surface area contributed by atoms with E-state index in [4.69, 9.17) is 5.11 Å². The summed E-state index contributed by atoms with van der Waals surface area (Å²) in [6.45, 7) is 3.20. The molecule has 0 unspecified atom stereocenters. The van der Waals surface area contributed by atoms with Gasteiger partial charge in [-0.15, -0.1) is 0 Å². The smallest absolute Gasteiger partial charge is 0.306 e. The van der Waals surface area contributed by atoms with Gasteiger partial charge in [0.2, 0.25) is 0 Å². The fraction of sp³-hybridized carbons (Fsp3) is 0.923. The van der Waals surface area contributed by atoms with Crippen molar-refractivity contribution in [2.24, 2.45) is 11.3 Å². The van der Waals surface area contributed by atoms with E-state index < -0.39 is 22.1 Å². The number of nitrogens with zero attached hydrogens (tertiary/aromatic N) is 1. The van der Waals surface area contributed by atoms with E-state index in [9.17, 15) is 13.2 Å². The molecule has 0 amide bonds. The van der Waals surface area contributed by atoms with E-state index in [1.165, 1.54) is 10.7 Å². The Morgan fingerprint density at radius 3 is 2.35 bits per heavy atom. The van der Waals surface area contributed by atoms with Crippen molar-refractivity contribution in [3.05, 3.63) is 0 Å². The second kappa shape index (κ2) is 5.99. The summed E-state index contributed by atoms with van der Waals surface area (Å²) in [5, 5.41) is 8.93. The number of rotatable bonds is 6. The number of carboxylic acids is 1. The Morgan fingerprint density at radius 1 is 1.35 bits per heavy atom. The molecule has 1 heterocycles. The maximum Gasteiger partial charge on any atom is 0.306 e. The van der Waals surface area contributed by atoms with Gasteiger partial charge >= 0.3 is 5.97 Å². The Labute approximate surface area is 120 Å². The van der Waals surface area contributed by atoms with Crippen LogP contribution in [-0.4, -0.2) is 43.4 Å². The zero-order valence-corrected chi connectivity index (χ0v) is 12.8. The zero-order valence-electron chi connectivity index (χ0n) is 12.0. The average molecular weight is 304 g/mol. The fourth-order valence-corrected chi connectivity index (χ4v) is 4.37. The molecule has 20 heavy (non-hydrogen) atoms. The number of nitrogens with one attached hydrogen (secondary N) is 1. The first kappa shape index (κ1) is 15.7. The molecular formula is C13H24N2O4S. The van der Waals surface area contributed by atoms with E-state index in [0.29, 0.717) is 32.5 Å². The summed E-state index contributed by atoms with van der Waals surface area (Å²) in [6, 6.07) is 0. The Kier molecular flexibility index (Phi) is 4.71. The first-order chi connectivity index (χ1) is 9.38. The van der Waals surface area contributed by atoms with E-state index in [2.05, 4.69) is 11.6 Å². The molecular weight excluding hydrogens is 280 g/mol. The molecule has 0 aromatic heterocycles. The van der Waals surface area contributed by atoms with Gasteiger partial charge in [-0.05, 0) is 37.5 Å². The summed E-state index contributed by atoms with van der Waals surface area (Å²) in [5.74, 6) is -1.23. The van der Waals surface area contributed by atoms with Crippen molar-refractivity contribution in [1.29, 1.82) is 0 Å². The third kappa shape index (κ3) is 3.32. The van der Waals surface area contributed by atoms with E-state index in [1.807, 2.05) is 0 Å². The summed E-state index contributed by atoms with van der Waals surface area (Å²) in [4.78, 5) is 10.9. The third-order valence-electron chi connectivity index (χ3n) is 4.94. The molecule has 0 radical (unpaired) electrons. The summed E-state index contributed by atoms with van der Waals surface area (Å²) in [5.41, 5.74) is 0.145. The molecule has 0 aromatic rings. The maximum absolute atomic E-state index is 12.2. The highest BCUT2D eigenvalue weighted by atomic mass is 32.2. The zero-order chi connectivity index (χ0) is 14.8. The molecule has 2 N–H and O–H groups in total. The van der Waals surface area contributed by atoms with Crippen molar-refractivity contribution < 1.29 is 18.3 Å². The lowest BCUT2D eigenvalue weighted by Crippen LogP contribution is -2.49. The van der Waals surface area contributed by atoms with E-state index in [0.717, 1.165) is 19.3 Å². The van der Waals surface area contributed by atoms with E-state index in [1.54, 1.807) is 0 Å². The van der Waals surface area contributed by atoms with Gasteiger partial charge in [0.05, 0.1) is 5.92 Å². The van der Waals surface area contributed by atoms with Crippen LogP contribution in [0.25, 0.3) is 0 Å². The molecule has 7 heteroatoms. The monoisotopic (exact) mass is 304 g/mol. The molecule has 2 rings (SSSR count). The van der Waals surface area contributed by atoms with E-state index >= 15 is 0 Å². The SMILES string of the molecule is CCC1(CNS(=O)(=O)N2CCC(C(=O)O)CC2)CCC1. The Balaban J connectivity index is 1.86. The second-order valence-corrected chi connectivity index (χ2v) is 7.80. The lowest BCUT2D eigenvalue weighted by molar-refractivity contribution is -0.142. The lowest BCUT2D eigenvalue weighted by Gasteiger charge is -2.42. The van der Waals surface area contributed by atoms with Gasteiger partial charge < -0.3 is 5.11 Å². The molecule has 1 aliphatic carbocycles. The van der Waals surface area contributed by atoms with Crippen molar-refractivity contribution >= 4 is 16.2 Å². The largest absolute Gasteiger partial charge is 0.481 e. The molecule has 1 saturated carbocycles. The summed E-state index contributed by atoms with van der Waals surface area (Å²) in [7, 11) is -3.46. The number of carbonyl (C=O) groups is 1. The lowest BCUT2D eigenvalue weighted by atomic mass is 9.67. The predicted octanol–water partition coefficient (Wildman–Crippen LogP) is 1.20. The maximum atomic E-state index is 12.2. The van der Waals surface area contributed by atoms with Crippen molar-refractivity contribution in [2.75, 3.05) is 19.6 Å². The summed E-state index contributed by atoms with van der Waals surface area (Å²) >= 11 is 0. The van der Waals surface area contributed by atoms with Gasteiger partial charge in [0.1, 0.15) is 0 Å². The van der Waals surface area contributed by atoms with Crippen LogP contribution in [0.15, 0.2) is 0 Å². The number of carboxylic acid groups (broad SMARTS) is 1. The number of aliphatic carboxylic acids is 1. The van der Waals surface area contributed by atoms with Crippen LogP contribution < -0.4 is 4.72 Å². The summed E-state index contributed by atoms with van der Waals surface area (Å²) in [6.07, 6.45) is 5.15. The summed E-state index contributed by atoms with van der Waals surface area (Å²) < 4.78 is 28.6. The molecule has 2 fully saturated rings. The van der Waals surface area contributed by atoms with Crippen LogP contribution in [0.1, 0.15) is 45.4 Å². The minimum absolute atomic E-state index is 0.145. The average Bonchev–Trinajstić information content (AvgIpc) is 2.38. The quantitative estimate of drug-likeness (QED) is 0.772. The molecule has 1 saturated heterocycles. The van der Waals surface area contributed by atoms with Crippen LogP contribution in [0.2, 0.25) is 0 Å². The normalized spacial score (nSPS) is 24.2. The fourth-order valence-electron chi connectivity index (χ4n) is 3.01. The molecule has 0 aromatic carbocycles. The topological polar surface area (TPSA) is 86.7 Å². The van der Waals surface area contributed by atoms with Crippen LogP contribution >= 0.6 is 0 Å². The number of hydrogen-bond donors (Lipinski definition) is 2. The first-order valence-electron chi connectivity index (χ1n) is 7.36. The molecule has 1 aliphatic heterocycles.